The Morgan fingerprint density at radius 3 is 2.46 bits per heavy atom. The van der Waals surface area contributed by atoms with E-state index in [0.717, 1.165) is 22.8 Å². The molecular formula is C28H16Cl2F4N4O3. The molecule has 0 saturated heterocycles. The van der Waals surface area contributed by atoms with Gasteiger partial charge in [-0.25, -0.2) is 9.37 Å². The van der Waals surface area contributed by atoms with Gasteiger partial charge >= 0.3 is 6.18 Å². The standard InChI is InChI=1S/C28H16Cl2F4N4O3/c29-19-7-6-16(13-18(19)28(32,33)34)38-21-4-2-1-3-14(21)11-17(27(38)40)26(39)37-15-5-8-22(20(31)12-15)41-23-9-10-36-25(35)24(23)30/h1-13H,(H2,35,36)(H,37,39). The summed E-state index contributed by atoms with van der Waals surface area (Å²) in [7, 11) is 0. The van der Waals surface area contributed by atoms with E-state index in [1.54, 1.807) is 18.2 Å². The van der Waals surface area contributed by atoms with Crippen molar-refractivity contribution in [3.8, 4) is 17.2 Å². The number of hydrogen-bond acceptors (Lipinski definition) is 5. The third kappa shape index (κ3) is 5.54. The molecule has 2 aromatic heterocycles. The number of carbonyl (C=O) groups excluding carboxylic acids is 1. The van der Waals surface area contributed by atoms with E-state index in [-0.39, 0.29) is 39.2 Å². The Balaban J connectivity index is 1.51. The molecule has 0 aliphatic heterocycles. The van der Waals surface area contributed by atoms with Gasteiger partial charge in [0.2, 0.25) is 0 Å². The van der Waals surface area contributed by atoms with Gasteiger partial charge in [0, 0.05) is 29.7 Å². The van der Waals surface area contributed by atoms with Crippen LogP contribution in [0.4, 0.5) is 29.1 Å². The van der Waals surface area contributed by atoms with Gasteiger partial charge in [0.25, 0.3) is 11.5 Å². The Labute approximate surface area is 238 Å². The number of nitrogens with zero attached hydrogens (tertiary/aromatic N) is 2. The molecule has 7 nitrogen and oxygen atoms in total. The van der Waals surface area contributed by atoms with E-state index in [0.29, 0.717) is 5.39 Å². The summed E-state index contributed by atoms with van der Waals surface area (Å²) in [6.07, 6.45) is -3.45. The van der Waals surface area contributed by atoms with Gasteiger partial charge in [-0.3, -0.25) is 14.2 Å². The number of nitrogens with one attached hydrogen (secondary N) is 1. The average molecular weight is 603 g/mol. The highest BCUT2D eigenvalue weighted by atomic mass is 35.5. The van der Waals surface area contributed by atoms with E-state index in [4.69, 9.17) is 33.7 Å². The van der Waals surface area contributed by atoms with Crippen molar-refractivity contribution in [2.24, 2.45) is 0 Å². The lowest BCUT2D eigenvalue weighted by Crippen LogP contribution is -2.29. The second kappa shape index (κ2) is 10.8. The molecule has 5 aromatic rings. The molecule has 3 aromatic carbocycles. The van der Waals surface area contributed by atoms with E-state index in [1.165, 1.54) is 42.6 Å². The zero-order valence-electron chi connectivity index (χ0n) is 20.5. The predicted molar refractivity (Wildman–Crippen MR) is 148 cm³/mol. The van der Waals surface area contributed by atoms with Crippen molar-refractivity contribution >= 4 is 51.5 Å². The Morgan fingerprint density at radius 1 is 0.976 bits per heavy atom. The number of pyridine rings is 2. The number of alkyl halides is 3. The van der Waals surface area contributed by atoms with Crippen molar-refractivity contribution in [1.29, 1.82) is 0 Å². The molecule has 0 radical (unpaired) electrons. The lowest BCUT2D eigenvalue weighted by atomic mass is 10.1. The quantitative estimate of drug-likeness (QED) is 0.203. The first kappa shape index (κ1) is 27.9. The summed E-state index contributed by atoms with van der Waals surface area (Å²) in [4.78, 5) is 30.5. The van der Waals surface area contributed by atoms with Gasteiger partial charge in [-0.1, -0.05) is 41.4 Å². The zero-order valence-corrected chi connectivity index (χ0v) is 22.0. The molecule has 208 valence electrons. The van der Waals surface area contributed by atoms with Crippen LogP contribution < -0.4 is 21.3 Å². The van der Waals surface area contributed by atoms with Gasteiger partial charge in [-0.15, -0.1) is 0 Å². The molecule has 2 heterocycles. The summed E-state index contributed by atoms with van der Waals surface area (Å²) in [5.74, 6) is -1.97. The minimum absolute atomic E-state index is 0.0114. The van der Waals surface area contributed by atoms with Gasteiger partial charge < -0.3 is 15.8 Å². The van der Waals surface area contributed by atoms with E-state index < -0.39 is 39.6 Å². The fourth-order valence-electron chi connectivity index (χ4n) is 4.05. The minimum atomic E-state index is -4.78. The topological polar surface area (TPSA) is 99.2 Å². The highest BCUT2D eigenvalue weighted by Gasteiger charge is 2.34. The van der Waals surface area contributed by atoms with Gasteiger partial charge in [-0.2, -0.15) is 13.2 Å². The Kier molecular flexibility index (Phi) is 7.33. The molecule has 0 fully saturated rings. The highest BCUT2D eigenvalue weighted by molar-refractivity contribution is 6.34. The number of para-hydroxylation sites is 1. The van der Waals surface area contributed by atoms with Crippen molar-refractivity contribution in [3.63, 3.8) is 0 Å². The predicted octanol–water partition coefficient (Wildman–Crippen LogP) is 7.48. The van der Waals surface area contributed by atoms with Crippen molar-refractivity contribution < 1.29 is 27.1 Å². The maximum absolute atomic E-state index is 14.8. The number of halogens is 6. The number of aromatic nitrogens is 2. The van der Waals surface area contributed by atoms with E-state index in [2.05, 4.69) is 10.3 Å². The van der Waals surface area contributed by atoms with E-state index in [1.807, 2.05) is 0 Å². The molecule has 5 rings (SSSR count). The van der Waals surface area contributed by atoms with Crippen LogP contribution in [0.15, 0.2) is 83.8 Å². The van der Waals surface area contributed by atoms with Crippen LogP contribution in [-0.2, 0) is 6.18 Å². The summed E-state index contributed by atoms with van der Waals surface area (Å²) in [6.45, 7) is 0. The molecule has 0 saturated carbocycles. The first-order valence-corrected chi connectivity index (χ1v) is 12.4. The number of rotatable bonds is 5. The monoisotopic (exact) mass is 602 g/mol. The molecule has 0 atom stereocenters. The normalized spacial score (nSPS) is 11.5. The molecule has 1 amide bonds. The molecule has 0 aliphatic carbocycles. The van der Waals surface area contributed by atoms with Crippen molar-refractivity contribution in [3.05, 3.63) is 116 Å². The molecule has 13 heteroatoms. The molecule has 3 N–H and O–H groups in total. The average Bonchev–Trinajstić information content (AvgIpc) is 2.92. The SMILES string of the molecule is Nc1nccc(Oc2ccc(NC(=O)c3cc4ccccc4n(-c4ccc(Cl)c(C(F)(F)F)c4)c3=O)cc2F)c1Cl. The number of nitrogens with two attached hydrogens (primary N) is 1. The van der Waals surface area contributed by atoms with E-state index >= 15 is 0 Å². The van der Waals surface area contributed by atoms with Crippen LogP contribution in [0.3, 0.4) is 0 Å². The van der Waals surface area contributed by atoms with Gasteiger partial charge in [0.05, 0.1) is 16.1 Å². The van der Waals surface area contributed by atoms with Crippen LogP contribution in [0.25, 0.3) is 16.6 Å². The maximum atomic E-state index is 14.8. The highest BCUT2D eigenvalue weighted by Crippen LogP contribution is 2.36. The molecule has 0 bridgehead atoms. The summed E-state index contributed by atoms with van der Waals surface area (Å²) < 4.78 is 61.9. The molecule has 41 heavy (non-hydrogen) atoms. The maximum Gasteiger partial charge on any atom is 0.417 e. The van der Waals surface area contributed by atoms with Gasteiger partial charge in [0.15, 0.2) is 17.3 Å². The second-order valence-corrected chi connectivity index (χ2v) is 9.41. The fourth-order valence-corrected chi connectivity index (χ4v) is 4.42. The van der Waals surface area contributed by atoms with Crippen LogP contribution in [-0.4, -0.2) is 15.5 Å². The van der Waals surface area contributed by atoms with Gasteiger partial charge in [-0.05, 0) is 47.9 Å². The van der Waals surface area contributed by atoms with Crippen LogP contribution >= 0.6 is 23.2 Å². The number of anilines is 2. The smallest absolute Gasteiger partial charge is 0.417 e. The van der Waals surface area contributed by atoms with Crippen molar-refractivity contribution in [1.82, 2.24) is 9.55 Å². The minimum Gasteiger partial charge on any atom is -0.453 e. The zero-order chi connectivity index (χ0) is 29.5. The number of ether oxygens (including phenoxy) is 1. The molecular weight excluding hydrogens is 587 g/mol. The summed E-state index contributed by atoms with van der Waals surface area (Å²) in [6, 6.07) is 15.5. The van der Waals surface area contributed by atoms with Crippen LogP contribution in [0.5, 0.6) is 11.5 Å². The first-order chi connectivity index (χ1) is 19.4. The number of carbonyl (C=O) groups is 1. The second-order valence-electron chi connectivity index (χ2n) is 8.63. The summed E-state index contributed by atoms with van der Waals surface area (Å²) >= 11 is 11.8. The number of fused-ring (bicyclic) bond motifs is 1. The van der Waals surface area contributed by atoms with E-state index in [9.17, 15) is 27.2 Å². The number of hydrogen-bond donors (Lipinski definition) is 2. The number of amides is 1. The number of nitrogen functional groups attached to an aromatic ring is 1. The van der Waals surface area contributed by atoms with Crippen LogP contribution in [0.1, 0.15) is 15.9 Å². The fraction of sp³-hybridized carbons (Fsp3) is 0.0357. The summed E-state index contributed by atoms with van der Waals surface area (Å²) in [5, 5.41) is 2.27. The Bertz CT molecular complexity index is 1890. The van der Waals surface area contributed by atoms with Crippen LogP contribution in [0.2, 0.25) is 10.0 Å². The lowest BCUT2D eigenvalue weighted by Gasteiger charge is -2.16. The van der Waals surface area contributed by atoms with Crippen molar-refractivity contribution in [2.75, 3.05) is 11.1 Å². The molecule has 0 spiro atoms. The Hall–Kier alpha value is -4.61. The van der Waals surface area contributed by atoms with Crippen LogP contribution in [0, 0.1) is 5.82 Å². The largest absolute Gasteiger partial charge is 0.453 e. The number of benzene rings is 3. The van der Waals surface area contributed by atoms with Gasteiger partial charge in [0.1, 0.15) is 16.4 Å². The lowest BCUT2D eigenvalue weighted by molar-refractivity contribution is -0.137. The first-order valence-electron chi connectivity index (χ1n) is 11.6. The molecule has 0 aliphatic rings. The third-order valence-electron chi connectivity index (χ3n) is 5.96. The third-order valence-corrected chi connectivity index (χ3v) is 6.67. The summed E-state index contributed by atoms with van der Waals surface area (Å²) in [5.41, 5.74) is 3.27. The van der Waals surface area contributed by atoms with Crippen molar-refractivity contribution in [2.45, 2.75) is 6.18 Å². The molecule has 0 unspecified atom stereocenters. The Morgan fingerprint density at radius 2 is 1.73 bits per heavy atom.